The summed E-state index contributed by atoms with van der Waals surface area (Å²) in [5, 5.41) is 6.30. The topological polar surface area (TPSA) is 41.1 Å². The van der Waals surface area contributed by atoms with Crippen molar-refractivity contribution in [2.45, 2.75) is 25.3 Å². The van der Waals surface area contributed by atoms with Gasteiger partial charge in [-0.15, -0.1) is 0 Å². The van der Waals surface area contributed by atoms with Gasteiger partial charge in [0.25, 0.3) is 5.91 Å². The van der Waals surface area contributed by atoms with E-state index in [0.717, 1.165) is 32.4 Å². The summed E-state index contributed by atoms with van der Waals surface area (Å²) in [5.41, 5.74) is 0.487. The van der Waals surface area contributed by atoms with Gasteiger partial charge >= 0.3 is 0 Å². The fourth-order valence-corrected chi connectivity index (χ4v) is 2.45. The van der Waals surface area contributed by atoms with Gasteiger partial charge in [0.15, 0.2) is 0 Å². The Balaban J connectivity index is 1.99. The first kappa shape index (κ1) is 13.5. The molecule has 1 amide bonds. The molecule has 18 heavy (non-hydrogen) atoms. The lowest BCUT2D eigenvalue weighted by Gasteiger charge is -2.16. The molecule has 1 aliphatic rings. The molecule has 0 radical (unpaired) electrons. The maximum atomic E-state index is 13.1. The van der Waals surface area contributed by atoms with Crippen LogP contribution in [0.1, 0.15) is 29.6 Å². The van der Waals surface area contributed by atoms with Crippen LogP contribution in [-0.2, 0) is 0 Å². The van der Waals surface area contributed by atoms with Gasteiger partial charge in [-0.3, -0.25) is 4.79 Å². The Hall–Kier alpha value is -0.940. The number of amides is 1. The highest BCUT2D eigenvalue weighted by molar-refractivity contribution is 9.10. The molecule has 98 valence electrons. The second-order valence-corrected chi connectivity index (χ2v) is 5.33. The Morgan fingerprint density at radius 1 is 1.39 bits per heavy atom. The molecule has 1 aromatic rings. The molecule has 0 aromatic heterocycles. The minimum Gasteiger partial charge on any atom is -0.349 e. The molecular weight excluding hydrogens is 299 g/mol. The molecule has 0 saturated carbocycles. The first-order valence-electron chi connectivity index (χ1n) is 6.13. The van der Waals surface area contributed by atoms with E-state index in [0.29, 0.717) is 10.0 Å². The third kappa shape index (κ3) is 3.53. The van der Waals surface area contributed by atoms with Crippen molar-refractivity contribution >= 4 is 21.8 Å². The standard InChI is InChI=1S/C13H16BrFN2O/c14-11-8-9(3-4-12(11)15)13(18)17-10-2-1-6-16-7-5-10/h3-4,8,10,16H,1-2,5-7H2,(H,17,18). The molecule has 2 N–H and O–H groups in total. The number of halogens is 2. The molecular formula is C13H16BrFN2O. The minimum absolute atomic E-state index is 0.136. The lowest BCUT2D eigenvalue weighted by atomic mass is 10.1. The third-order valence-corrected chi connectivity index (χ3v) is 3.70. The fraction of sp³-hybridized carbons (Fsp3) is 0.462. The fourth-order valence-electron chi connectivity index (χ4n) is 2.07. The average Bonchev–Trinajstić information content (AvgIpc) is 2.61. The van der Waals surface area contributed by atoms with Gasteiger partial charge in [0.05, 0.1) is 4.47 Å². The highest BCUT2D eigenvalue weighted by Gasteiger charge is 2.16. The summed E-state index contributed by atoms with van der Waals surface area (Å²) >= 11 is 3.09. The van der Waals surface area contributed by atoms with Crippen LogP contribution in [0.15, 0.2) is 22.7 Å². The van der Waals surface area contributed by atoms with E-state index in [1.165, 1.54) is 18.2 Å². The van der Waals surface area contributed by atoms with Crippen molar-refractivity contribution in [1.29, 1.82) is 0 Å². The monoisotopic (exact) mass is 314 g/mol. The Bertz CT molecular complexity index is 431. The number of carbonyl (C=O) groups is 1. The molecule has 1 aromatic carbocycles. The van der Waals surface area contributed by atoms with Gasteiger partial charge in [-0.05, 0) is 66.5 Å². The van der Waals surface area contributed by atoms with Crippen molar-refractivity contribution in [2.24, 2.45) is 0 Å². The van der Waals surface area contributed by atoms with E-state index >= 15 is 0 Å². The van der Waals surface area contributed by atoms with Crippen LogP contribution in [0.5, 0.6) is 0 Å². The molecule has 5 heteroatoms. The van der Waals surface area contributed by atoms with Crippen LogP contribution in [0.4, 0.5) is 4.39 Å². The quantitative estimate of drug-likeness (QED) is 0.880. The van der Waals surface area contributed by atoms with Gasteiger partial charge in [0.2, 0.25) is 0 Å². The van der Waals surface area contributed by atoms with Crippen molar-refractivity contribution in [1.82, 2.24) is 10.6 Å². The zero-order chi connectivity index (χ0) is 13.0. The van der Waals surface area contributed by atoms with Gasteiger partial charge in [-0.2, -0.15) is 0 Å². The van der Waals surface area contributed by atoms with Crippen LogP contribution in [0, 0.1) is 5.82 Å². The molecule has 1 heterocycles. The van der Waals surface area contributed by atoms with E-state index in [1.54, 1.807) is 0 Å². The summed E-state index contributed by atoms with van der Waals surface area (Å²) < 4.78 is 13.4. The summed E-state index contributed by atoms with van der Waals surface area (Å²) in [6.45, 7) is 1.94. The Labute approximate surface area is 114 Å². The molecule has 3 nitrogen and oxygen atoms in total. The second kappa shape index (κ2) is 6.29. The van der Waals surface area contributed by atoms with E-state index in [1.807, 2.05) is 0 Å². The summed E-state index contributed by atoms with van der Waals surface area (Å²) in [6.07, 6.45) is 2.99. The number of nitrogens with one attached hydrogen (secondary N) is 2. The first-order chi connectivity index (χ1) is 8.66. The van der Waals surface area contributed by atoms with Crippen LogP contribution < -0.4 is 10.6 Å². The molecule has 1 unspecified atom stereocenters. The van der Waals surface area contributed by atoms with Crippen molar-refractivity contribution in [3.63, 3.8) is 0 Å². The van der Waals surface area contributed by atoms with Crippen molar-refractivity contribution in [2.75, 3.05) is 13.1 Å². The zero-order valence-electron chi connectivity index (χ0n) is 10.0. The van der Waals surface area contributed by atoms with Crippen molar-refractivity contribution < 1.29 is 9.18 Å². The number of hydrogen-bond acceptors (Lipinski definition) is 2. The molecule has 0 spiro atoms. The average molecular weight is 315 g/mol. The molecule has 2 rings (SSSR count). The van der Waals surface area contributed by atoms with E-state index in [9.17, 15) is 9.18 Å². The van der Waals surface area contributed by atoms with Gasteiger partial charge in [-0.1, -0.05) is 0 Å². The van der Waals surface area contributed by atoms with Gasteiger partial charge < -0.3 is 10.6 Å². The molecule has 0 aliphatic carbocycles. The van der Waals surface area contributed by atoms with E-state index < -0.39 is 0 Å². The number of rotatable bonds is 2. The third-order valence-electron chi connectivity index (χ3n) is 3.09. The Morgan fingerprint density at radius 3 is 3.00 bits per heavy atom. The van der Waals surface area contributed by atoms with Crippen molar-refractivity contribution in [3.05, 3.63) is 34.1 Å². The second-order valence-electron chi connectivity index (χ2n) is 4.48. The number of carbonyl (C=O) groups excluding carboxylic acids is 1. The number of hydrogen-bond donors (Lipinski definition) is 2. The van der Waals surface area contributed by atoms with E-state index in [2.05, 4.69) is 26.6 Å². The van der Waals surface area contributed by atoms with Crippen LogP contribution in [0.2, 0.25) is 0 Å². The van der Waals surface area contributed by atoms with Crippen LogP contribution in [-0.4, -0.2) is 25.0 Å². The molecule has 1 atom stereocenters. The molecule has 1 fully saturated rings. The van der Waals surface area contributed by atoms with E-state index in [-0.39, 0.29) is 17.8 Å². The smallest absolute Gasteiger partial charge is 0.251 e. The summed E-state index contributed by atoms with van der Waals surface area (Å²) in [4.78, 5) is 12.0. The van der Waals surface area contributed by atoms with Crippen LogP contribution >= 0.6 is 15.9 Å². The van der Waals surface area contributed by atoms with Gasteiger partial charge in [0, 0.05) is 11.6 Å². The SMILES string of the molecule is O=C(NC1CCCNCC1)c1ccc(F)c(Br)c1. The number of benzene rings is 1. The Kier molecular flexibility index (Phi) is 4.72. The van der Waals surface area contributed by atoms with Crippen LogP contribution in [0.3, 0.4) is 0 Å². The maximum absolute atomic E-state index is 13.1. The van der Waals surface area contributed by atoms with Gasteiger partial charge in [0.1, 0.15) is 5.82 Å². The normalized spacial score (nSPS) is 20.2. The first-order valence-corrected chi connectivity index (χ1v) is 6.93. The maximum Gasteiger partial charge on any atom is 0.251 e. The predicted octanol–water partition coefficient (Wildman–Crippen LogP) is 2.46. The lowest BCUT2D eigenvalue weighted by Crippen LogP contribution is -2.35. The predicted molar refractivity (Wildman–Crippen MR) is 72.1 cm³/mol. The Morgan fingerprint density at radius 2 is 2.22 bits per heavy atom. The molecule has 1 saturated heterocycles. The zero-order valence-corrected chi connectivity index (χ0v) is 11.6. The van der Waals surface area contributed by atoms with Crippen LogP contribution in [0.25, 0.3) is 0 Å². The molecule has 1 aliphatic heterocycles. The highest BCUT2D eigenvalue weighted by Crippen LogP contribution is 2.17. The van der Waals surface area contributed by atoms with Gasteiger partial charge in [-0.25, -0.2) is 4.39 Å². The summed E-state index contributed by atoms with van der Waals surface area (Å²) in [7, 11) is 0. The summed E-state index contributed by atoms with van der Waals surface area (Å²) in [5.74, 6) is -0.493. The summed E-state index contributed by atoms with van der Waals surface area (Å²) in [6, 6.07) is 4.52. The minimum atomic E-state index is -0.356. The lowest BCUT2D eigenvalue weighted by molar-refractivity contribution is 0.0934. The van der Waals surface area contributed by atoms with E-state index in [4.69, 9.17) is 0 Å². The molecule has 0 bridgehead atoms. The van der Waals surface area contributed by atoms with Crippen molar-refractivity contribution in [3.8, 4) is 0 Å². The highest BCUT2D eigenvalue weighted by atomic mass is 79.9. The largest absolute Gasteiger partial charge is 0.349 e.